The summed E-state index contributed by atoms with van der Waals surface area (Å²) in [6.07, 6.45) is 3.58. The molecule has 3 rings (SSSR count). The SMILES string of the molecule is Cc1c(NC(=O)C2(CN)CCCC2)c(=O)n(-c2ccccc2)n1C. The Kier molecular flexibility index (Phi) is 4.32. The van der Waals surface area contributed by atoms with Crippen molar-refractivity contribution in [2.24, 2.45) is 18.2 Å². The van der Waals surface area contributed by atoms with Crippen LogP contribution in [0.25, 0.3) is 5.69 Å². The Morgan fingerprint density at radius 1 is 1.25 bits per heavy atom. The molecule has 128 valence electrons. The number of carbonyl (C=O) groups excluding carboxylic acids is 1. The molecular formula is C18H24N4O2. The van der Waals surface area contributed by atoms with Crippen molar-refractivity contribution in [3.63, 3.8) is 0 Å². The van der Waals surface area contributed by atoms with Crippen molar-refractivity contribution >= 4 is 11.6 Å². The number of nitrogens with zero attached hydrogens (tertiary/aromatic N) is 2. The van der Waals surface area contributed by atoms with E-state index in [0.717, 1.165) is 37.1 Å². The summed E-state index contributed by atoms with van der Waals surface area (Å²) in [6.45, 7) is 2.15. The van der Waals surface area contributed by atoms with E-state index in [1.54, 1.807) is 9.36 Å². The summed E-state index contributed by atoms with van der Waals surface area (Å²) in [5.74, 6) is -0.131. The molecule has 1 amide bonds. The van der Waals surface area contributed by atoms with Crippen LogP contribution in [0.15, 0.2) is 35.1 Å². The van der Waals surface area contributed by atoms with E-state index >= 15 is 0 Å². The largest absolute Gasteiger partial charge is 0.329 e. The highest BCUT2D eigenvalue weighted by Crippen LogP contribution is 2.38. The maximum absolute atomic E-state index is 12.9. The lowest BCUT2D eigenvalue weighted by molar-refractivity contribution is -0.124. The van der Waals surface area contributed by atoms with Crippen LogP contribution in [0.3, 0.4) is 0 Å². The Hall–Kier alpha value is -2.34. The van der Waals surface area contributed by atoms with E-state index in [-0.39, 0.29) is 11.5 Å². The molecule has 0 radical (unpaired) electrons. The summed E-state index contributed by atoms with van der Waals surface area (Å²) in [7, 11) is 1.81. The Labute approximate surface area is 141 Å². The Morgan fingerprint density at radius 2 is 1.88 bits per heavy atom. The molecule has 1 saturated carbocycles. The monoisotopic (exact) mass is 328 g/mol. The standard InChI is InChI=1S/C18H24N4O2/c1-13-15(20-17(24)18(12-19)10-6-7-11-18)16(23)22(21(13)2)14-8-4-3-5-9-14/h3-5,8-9H,6-7,10-12,19H2,1-2H3,(H,20,24). The van der Waals surface area contributed by atoms with Crippen LogP contribution >= 0.6 is 0 Å². The number of aromatic nitrogens is 2. The highest BCUT2D eigenvalue weighted by Gasteiger charge is 2.40. The molecule has 6 heteroatoms. The van der Waals surface area contributed by atoms with Gasteiger partial charge in [-0.1, -0.05) is 31.0 Å². The number of amides is 1. The zero-order chi connectivity index (χ0) is 17.3. The van der Waals surface area contributed by atoms with E-state index in [1.807, 2.05) is 44.3 Å². The van der Waals surface area contributed by atoms with E-state index < -0.39 is 5.41 Å². The fourth-order valence-electron chi connectivity index (χ4n) is 3.53. The lowest BCUT2D eigenvalue weighted by atomic mass is 9.85. The first-order valence-corrected chi connectivity index (χ1v) is 8.36. The molecule has 0 aliphatic heterocycles. The van der Waals surface area contributed by atoms with E-state index in [0.29, 0.717) is 12.2 Å². The van der Waals surface area contributed by atoms with Gasteiger partial charge in [-0.2, -0.15) is 0 Å². The molecule has 0 atom stereocenters. The van der Waals surface area contributed by atoms with Crippen LogP contribution in [0.5, 0.6) is 0 Å². The van der Waals surface area contributed by atoms with Crippen LogP contribution < -0.4 is 16.6 Å². The second-order valence-corrected chi connectivity index (χ2v) is 6.58. The van der Waals surface area contributed by atoms with Gasteiger partial charge < -0.3 is 11.1 Å². The maximum atomic E-state index is 12.9. The third-order valence-electron chi connectivity index (χ3n) is 5.23. The van der Waals surface area contributed by atoms with Gasteiger partial charge in [-0.15, -0.1) is 0 Å². The Morgan fingerprint density at radius 3 is 2.46 bits per heavy atom. The van der Waals surface area contributed by atoms with E-state index in [9.17, 15) is 9.59 Å². The number of rotatable bonds is 4. The van der Waals surface area contributed by atoms with Gasteiger partial charge in [0.1, 0.15) is 5.69 Å². The number of carbonyl (C=O) groups is 1. The van der Waals surface area contributed by atoms with Gasteiger partial charge in [0, 0.05) is 13.6 Å². The van der Waals surface area contributed by atoms with Crippen molar-refractivity contribution < 1.29 is 4.79 Å². The summed E-state index contributed by atoms with van der Waals surface area (Å²) in [5, 5.41) is 2.87. The minimum Gasteiger partial charge on any atom is -0.329 e. The van der Waals surface area contributed by atoms with Gasteiger partial charge in [-0.25, -0.2) is 4.68 Å². The number of anilines is 1. The molecule has 0 saturated heterocycles. The quantitative estimate of drug-likeness (QED) is 0.900. The van der Waals surface area contributed by atoms with Gasteiger partial charge in [-0.3, -0.25) is 14.3 Å². The first-order valence-electron chi connectivity index (χ1n) is 8.36. The normalized spacial score (nSPS) is 16.3. The van der Waals surface area contributed by atoms with Crippen LogP contribution in [0.4, 0.5) is 5.69 Å². The Bertz CT molecular complexity index is 798. The van der Waals surface area contributed by atoms with Crippen molar-refractivity contribution in [2.75, 3.05) is 11.9 Å². The smallest absolute Gasteiger partial charge is 0.295 e. The topological polar surface area (TPSA) is 82.1 Å². The van der Waals surface area contributed by atoms with Crippen LogP contribution in [0, 0.1) is 12.3 Å². The first-order chi connectivity index (χ1) is 11.5. The molecule has 6 nitrogen and oxygen atoms in total. The minimum absolute atomic E-state index is 0.131. The van der Waals surface area contributed by atoms with Crippen molar-refractivity contribution in [2.45, 2.75) is 32.6 Å². The zero-order valence-electron chi connectivity index (χ0n) is 14.2. The summed E-state index contributed by atoms with van der Waals surface area (Å²) >= 11 is 0. The number of nitrogens with two attached hydrogens (primary N) is 1. The maximum Gasteiger partial charge on any atom is 0.295 e. The van der Waals surface area contributed by atoms with Gasteiger partial charge in [0.2, 0.25) is 5.91 Å². The zero-order valence-corrected chi connectivity index (χ0v) is 14.2. The van der Waals surface area contributed by atoms with Crippen molar-refractivity contribution in [1.29, 1.82) is 0 Å². The third kappa shape index (κ3) is 2.57. The number of para-hydroxylation sites is 1. The van der Waals surface area contributed by atoms with Gasteiger partial charge in [0.15, 0.2) is 0 Å². The summed E-state index contributed by atoms with van der Waals surface area (Å²) in [5.41, 5.74) is 6.95. The molecule has 0 spiro atoms. The molecule has 1 aromatic heterocycles. The van der Waals surface area contributed by atoms with E-state index in [2.05, 4.69) is 5.32 Å². The predicted octanol–water partition coefficient (Wildman–Crippen LogP) is 1.94. The molecule has 2 aromatic rings. The number of hydrogen-bond donors (Lipinski definition) is 2. The first kappa shape index (κ1) is 16.5. The molecule has 0 unspecified atom stereocenters. The lowest BCUT2D eigenvalue weighted by Crippen LogP contribution is -2.41. The third-order valence-corrected chi connectivity index (χ3v) is 5.23. The minimum atomic E-state index is -0.535. The van der Waals surface area contributed by atoms with Gasteiger partial charge >= 0.3 is 0 Å². The van der Waals surface area contributed by atoms with Crippen molar-refractivity contribution in [1.82, 2.24) is 9.36 Å². The molecule has 1 heterocycles. The van der Waals surface area contributed by atoms with Crippen LogP contribution in [-0.4, -0.2) is 21.8 Å². The summed E-state index contributed by atoms with van der Waals surface area (Å²) < 4.78 is 3.33. The van der Waals surface area contributed by atoms with Crippen LogP contribution in [0.1, 0.15) is 31.4 Å². The predicted molar refractivity (Wildman–Crippen MR) is 94.3 cm³/mol. The number of hydrogen-bond acceptors (Lipinski definition) is 3. The highest BCUT2D eigenvalue weighted by atomic mass is 16.2. The summed E-state index contributed by atoms with van der Waals surface area (Å²) in [6, 6.07) is 9.39. The molecule has 24 heavy (non-hydrogen) atoms. The molecule has 1 aromatic carbocycles. The fraction of sp³-hybridized carbons (Fsp3) is 0.444. The van der Waals surface area contributed by atoms with Gasteiger partial charge in [0.25, 0.3) is 5.56 Å². The van der Waals surface area contributed by atoms with Gasteiger partial charge in [-0.05, 0) is 31.9 Å². The highest BCUT2D eigenvalue weighted by molar-refractivity contribution is 5.96. The average Bonchev–Trinajstić information content (AvgIpc) is 3.16. The molecule has 3 N–H and O–H groups in total. The average molecular weight is 328 g/mol. The second kappa shape index (κ2) is 6.28. The molecule has 0 bridgehead atoms. The van der Waals surface area contributed by atoms with Crippen LogP contribution in [0.2, 0.25) is 0 Å². The molecule has 1 fully saturated rings. The molecular weight excluding hydrogens is 304 g/mol. The van der Waals surface area contributed by atoms with Crippen molar-refractivity contribution in [3.05, 3.63) is 46.4 Å². The number of benzene rings is 1. The fourth-order valence-corrected chi connectivity index (χ4v) is 3.53. The second-order valence-electron chi connectivity index (χ2n) is 6.58. The Balaban J connectivity index is 1.98. The molecule has 1 aliphatic carbocycles. The number of nitrogens with one attached hydrogen (secondary N) is 1. The summed E-state index contributed by atoms with van der Waals surface area (Å²) in [4.78, 5) is 25.6. The lowest BCUT2D eigenvalue weighted by Gasteiger charge is -2.25. The van der Waals surface area contributed by atoms with E-state index in [1.165, 1.54) is 0 Å². The van der Waals surface area contributed by atoms with Crippen molar-refractivity contribution in [3.8, 4) is 5.69 Å². The van der Waals surface area contributed by atoms with E-state index in [4.69, 9.17) is 5.73 Å². The molecule has 1 aliphatic rings. The van der Waals surface area contributed by atoms with Gasteiger partial charge in [0.05, 0.1) is 16.8 Å². The van der Waals surface area contributed by atoms with Crippen LogP contribution in [-0.2, 0) is 11.8 Å².